The number of hydrogen-bond donors (Lipinski definition) is 2. The Labute approximate surface area is 216 Å². The Morgan fingerprint density at radius 2 is 1.68 bits per heavy atom. The molecule has 0 spiro atoms. The van der Waals surface area contributed by atoms with E-state index in [0.717, 1.165) is 33.8 Å². The van der Waals surface area contributed by atoms with E-state index in [4.69, 9.17) is 19.9 Å². The van der Waals surface area contributed by atoms with E-state index < -0.39 is 0 Å². The van der Waals surface area contributed by atoms with E-state index in [2.05, 4.69) is 10.3 Å². The molecule has 1 aromatic heterocycles. The molecule has 0 unspecified atom stereocenters. The molecule has 0 radical (unpaired) electrons. The van der Waals surface area contributed by atoms with Crippen molar-refractivity contribution in [3.05, 3.63) is 138 Å². The van der Waals surface area contributed by atoms with Crippen LogP contribution in [0.1, 0.15) is 16.8 Å². The number of nitrogens with one attached hydrogen (secondary N) is 2. The van der Waals surface area contributed by atoms with Crippen LogP contribution in [0.5, 0.6) is 5.75 Å². The molecule has 0 atom stereocenters. The van der Waals surface area contributed by atoms with E-state index in [1.54, 1.807) is 19.4 Å². The van der Waals surface area contributed by atoms with Gasteiger partial charge in [0.2, 0.25) is 5.95 Å². The van der Waals surface area contributed by atoms with Crippen molar-refractivity contribution in [2.75, 3.05) is 12.4 Å². The molecule has 37 heavy (non-hydrogen) atoms. The summed E-state index contributed by atoms with van der Waals surface area (Å²) in [6.45, 7) is 0.494. The second-order valence-corrected chi connectivity index (χ2v) is 8.35. The van der Waals surface area contributed by atoms with Crippen LogP contribution in [0, 0.1) is 5.41 Å². The number of hydrogen-bond acceptors (Lipinski definition) is 6. The number of aromatic nitrogens is 2. The van der Waals surface area contributed by atoms with Gasteiger partial charge in [0, 0.05) is 34.7 Å². The van der Waals surface area contributed by atoms with Gasteiger partial charge in [0.25, 0.3) is 0 Å². The lowest BCUT2D eigenvalue weighted by atomic mass is 9.95. The maximum Gasteiger partial charge on any atom is 0.227 e. The van der Waals surface area contributed by atoms with Crippen molar-refractivity contribution < 1.29 is 9.47 Å². The van der Waals surface area contributed by atoms with Gasteiger partial charge in [-0.05, 0) is 35.9 Å². The molecule has 1 aliphatic carbocycles. The minimum atomic E-state index is 0.379. The van der Waals surface area contributed by atoms with Crippen molar-refractivity contribution in [3.8, 4) is 5.75 Å². The molecule has 6 nitrogen and oxygen atoms in total. The third-order valence-electron chi connectivity index (χ3n) is 5.79. The first-order chi connectivity index (χ1) is 18.2. The van der Waals surface area contributed by atoms with E-state index in [1.807, 2.05) is 103 Å². The molecule has 5 rings (SSSR count). The van der Waals surface area contributed by atoms with Crippen LogP contribution in [0.15, 0.2) is 121 Å². The van der Waals surface area contributed by atoms with Crippen molar-refractivity contribution in [2.45, 2.75) is 6.61 Å². The van der Waals surface area contributed by atoms with Crippen molar-refractivity contribution in [3.63, 3.8) is 0 Å². The molecule has 0 fully saturated rings. The largest absolute Gasteiger partial charge is 0.495 e. The molecule has 4 aromatic rings. The molecule has 1 heterocycles. The van der Waals surface area contributed by atoms with Crippen LogP contribution in [-0.4, -0.2) is 22.8 Å². The summed E-state index contributed by atoms with van der Waals surface area (Å²) < 4.78 is 11.6. The van der Waals surface area contributed by atoms with Crippen LogP contribution in [0.3, 0.4) is 0 Å². The quantitative estimate of drug-likeness (QED) is 0.267. The lowest BCUT2D eigenvalue weighted by Gasteiger charge is -2.16. The van der Waals surface area contributed by atoms with Crippen molar-refractivity contribution in [1.82, 2.24) is 9.97 Å². The highest BCUT2D eigenvalue weighted by Gasteiger charge is 2.17. The number of rotatable bonds is 8. The summed E-state index contributed by atoms with van der Waals surface area (Å²) in [6.07, 6.45) is 7.29. The first kappa shape index (κ1) is 23.8. The molecule has 182 valence electrons. The average Bonchev–Trinajstić information content (AvgIpc) is 2.95. The normalized spacial score (nSPS) is 14.1. The fourth-order valence-electron chi connectivity index (χ4n) is 3.98. The van der Waals surface area contributed by atoms with Gasteiger partial charge in [-0.2, -0.15) is 0 Å². The Kier molecular flexibility index (Phi) is 7.18. The zero-order valence-corrected chi connectivity index (χ0v) is 20.4. The highest BCUT2D eigenvalue weighted by molar-refractivity contribution is 6.16. The SMILES string of the molecule is CO/C(=C1/C=C(c2ccnc(Nc3cccc(OCc4ccccc4)c3)n2)C=CC1=N)c1ccccc1. The minimum absolute atomic E-state index is 0.379. The Bertz CT molecular complexity index is 1490. The van der Waals surface area contributed by atoms with Crippen LogP contribution in [-0.2, 0) is 11.3 Å². The second-order valence-electron chi connectivity index (χ2n) is 8.35. The summed E-state index contributed by atoms with van der Waals surface area (Å²) in [5, 5.41) is 11.7. The van der Waals surface area contributed by atoms with Gasteiger partial charge in [0.1, 0.15) is 18.1 Å². The number of anilines is 2. The van der Waals surface area contributed by atoms with Crippen LogP contribution < -0.4 is 10.1 Å². The molecule has 1 aliphatic rings. The summed E-state index contributed by atoms with van der Waals surface area (Å²) in [7, 11) is 1.62. The third kappa shape index (κ3) is 5.82. The minimum Gasteiger partial charge on any atom is -0.495 e. The summed E-state index contributed by atoms with van der Waals surface area (Å²) in [4.78, 5) is 9.11. The van der Waals surface area contributed by atoms with Crippen LogP contribution in [0.25, 0.3) is 11.3 Å². The predicted octanol–water partition coefficient (Wildman–Crippen LogP) is 6.83. The van der Waals surface area contributed by atoms with Gasteiger partial charge in [-0.15, -0.1) is 0 Å². The highest BCUT2D eigenvalue weighted by atomic mass is 16.5. The molecule has 0 amide bonds. The van der Waals surface area contributed by atoms with Crippen molar-refractivity contribution >= 4 is 28.7 Å². The van der Waals surface area contributed by atoms with Gasteiger partial charge in [-0.1, -0.05) is 72.8 Å². The van der Waals surface area contributed by atoms with E-state index in [9.17, 15) is 0 Å². The van der Waals surface area contributed by atoms with Gasteiger partial charge in [-0.3, -0.25) is 0 Å². The fraction of sp³-hybridized carbons (Fsp3) is 0.0645. The van der Waals surface area contributed by atoms with Crippen LogP contribution in [0.4, 0.5) is 11.6 Å². The van der Waals surface area contributed by atoms with Crippen molar-refractivity contribution in [2.24, 2.45) is 0 Å². The fourth-order valence-corrected chi connectivity index (χ4v) is 3.98. The van der Waals surface area contributed by atoms with Gasteiger partial charge >= 0.3 is 0 Å². The first-order valence-electron chi connectivity index (χ1n) is 11.9. The molecule has 3 aromatic carbocycles. The lowest BCUT2D eigenvalue weighted by Crippen LogP contribution is -2.07. The second kappa shape index (κ2) is 11.2. The van der Waals surface area contributed by atoms with E-state index in [0.29, 0.717) is 29.6 Å². The number of nitrogens with zero attached hydrogens (tertiary/aromatic N) is 2. The Hall–Kier alpha value is -4.97. The van der Waals surface area contributed by atoms with Crippen molar-refractivity contribution in [1.29, 1.82) is 5.41 Å². The summed E-state index contributed by atoms with van der Waals surface area (Å²) in [5.74, 6) is 1.87. The summed E-state index contributed by atoms with van der Waals surface area (Å²) in [5.41, 5.74) is 5.52. The van der Waals surface area contributed by atoms with Gasteiger partial charge < -0.3 is 20.2 Å². The molecular formula is C31H26N4O2. The molecular weight excluding hydrogens is 460 g/mol. The summed E-state index contributed by atoms with van der Waals surface area (Å²) in [6, 6.07) is 29.4. The van der Waals surface area contributed by atoms with Gasteiger partial charge in [-0.25, -0.2) is 9.97 Å². The smallest absolute Gasteiger partial charge is 0.227 e. The Morgan fingerprint density at radius 1 is 0.892 bits per heavy atom. The third-order valence-corrected chi connectivity index (χ3v) is 5.79. The van der Waals surface area contributed by atoms with Crippen LogP contribution in [0.2, 0.25) is 0 Å². The molecule has 0 saturated heterocycles. The molecule has 6 heteroatoms. The standard InChI is InChI=1S/C31H26N4O2/c1-36-30(23-11-6-3-7-12-23)27-19-24(15-16-28(27)32)29-17-18-33-31(35-29)34-25-13-8-14-26(20-25)37-21-22-9-4-2-5-10-22/h2-20,32H,21H2,1H3,(H,33,34,35)/b30-27-,32-28?. The number of ether oxygens (including phenoxy) is 2. The average molecular weight is 487 g/mol. The number of methoxy groups -OCH3 is 1. The maximum atomic E-state index is 8.46. The zero-order valence-electron chi connectivity index (χ0n) is 20.4. The first-order valence-corrected chi connectivity index (χ1v) is 11.9. The van der Waals surface area contributed by atoms with Gasteiger partial charge in [0.15, 0.2) is 0 Å². The summed E-state index contributed by atoms with van der Waals surface area (Å²) >= 11 is 0. The monoisotopic (exact) mass is 486 g/mol. The number of benzene rings is 3. The van der Waals surface area contributed by atoms with Crippen LogP contribution >= 0.6 is 0 Å². The van der Waals surface area contributed by atoms with E-state index in [1.165, 1.54) is 0 Å². The number of allylic oxidation sites excluding steroid dienone is 5. The lowest BCUT2D eigenvalue weighted by molar-refractivity contribution is 0.306. The van der Waals surface area contributed by atoms with E-state index in [-0.39, 0.29) is 0 Å². The Morgan fingerprint density at radius 3 is 2.46 bits per heavy atom. The van der Waals surface area contributed by atoms with Gasteiger partial charge in [0.05, 0.1) is 18.5 Å². The predicted molar refractivity (Wildman–Crippen MR) is 148 cm³/mol. The van der Waals surface area contributed by atoms with E-state index >= 15 is 0 Å². The topological polar surface area (TPSA) is 80.1 Å². The molecule has 0 saturated carbocycles. The molecule has 0 bridgehead atoms. The zero-order chi connectivity index (χ0) is 25.5. The molecule has 2 N–H and O–H groups in total. The maximum absolute atomic E-state index is 8.46. The highest BCUT2D eigenvalue weighted by Crippen LogP contribution is 2.29. The Balaban J connectivity index is 1.36. The molecule has 0 aliphatic heterocycles.